The van der Waals surface area contributed by atoms with Crippen LogP contribution in [0.1, 0.15) is 25.0 Å². The number of hydrogen-bond donors (Lipinski definition) is 0. The molecule has 0 saturated carbocycles. The van der Waals surface area contributed by atoms with Crippen LogP contribution in [0.4, 0.5) is 18.9 Å². The molecule has 0 amide bonds. The fourth-order valence-corrected chi connectivity index (χ4v) is 2.34. The average Bonchev–Trinajstić information content (AvgIpc) is 2.41. The Morgan fingerprint density at radius 2 is 1.95 bits per heavy atom. The normalized spacial score (nSPS) is 12.0. The van der Waals surface area contributed by atoms with Gasteiger partial charge in [0.25, 0.3) is 0 Å². The Balaban J connectivity index is 3.13. The van der Waals surface area contributed by atoms with Gasteiger partial charge in [-0.1, -0.05) is 19.9 Å². The van der Waals surface area contributed by atoms with Gasteiger partial charge in [-0.2, -0.15) is 13.2 Å². The first kappa shape index (κ1) is 18.1. The molecule has 0 aliphatic carbocycles. The van der Waals surface area contributed by atoms with Crippen LogP contribution in [0.25, 0.3) is 0 Å². The molecule has 0 fully saturated rings. The van der Waals surface area contributed by atoms with E-state index in [2.05, 4.69) is 0 Å². The van der Waals surface area contributed by atoms with Crippen molar-refractivity contribution >= 4 is 17.3 Å². The largest absolute Gasteiger partial charge is 0.416 e. The number of anilines is 1. The highest BCUT2D eigenvalue weighted by atomic mass is 35.5. The number of ether oxygens (including phenoxy) is 1. The number of hydrogen-bond acceptors (Lipinski definition) is 2. The topological polar surface area (TPSA) is 12.5 Å². The lowest BCUT2D eigenvalue weighted by Crippen LogP contribution is -2.31. The van der Waals surface area contributed by atoms with Crippen LogP contribution < -0.4 is 4.90 Å². The molecule has 0 heterocycles. The third-order valence-corrected chi connectivity index (χ3v) is 3.35. The Morgan fingerprint density at radius 3 is 2.43 bits per heavy atom. The molecule has 0 spiro atoms. The Bertz CT molecular complexity index is 449. The molecule has 0 aromatic heterocycles. The summed E-state index contributed by atoms with van der Waals surface area (Å²) in [5.74, 6) is 0.182. The summed E-state index contributed by atoms with van der Waals surface area (Å²) in [7, 11) is 1.57. The molecule has 1 rings (SSSR count). The minimum atomic E-state index is -4.40. The monoisotopic (exact) mass is 323 g/mol. The third kappa shape index (κ3) is 5.40. The van der Waals surface area contributed by atoms with Gasteiger partial charge in [0.05, 0.1) is 12.2 Å². The summed E-state index contributed by atoms with van der Waals surface area (Å²) in [6.07, 6.45) is -4.40. The van der Waals surface area contributed by atoms with Gasteiger partial charge in [-0.25, -0.2) is 0 Å². The maximum absolute atomic E-state index is 13.1. The van der Waals surface area contributed by atoms with Crippen LogP contribution >= 0.6 is 11.6 Å². The van der Waals surface area contributed by atoms with Crippen molar-refractivity contribution in [2.75, 3.05) is 31.7 Å². The number of benzene rings is 1. The predicted octanol–water partition coefficient (Wildman–Crippen LogP) is 4.55. The summed E-state index contributed by atoms with van der Waals surface area (Å²) in [6, 6.07) is 4.31. The van der Waals surface area contributed by atoms with Crippen LogP contribution in [-0.2, 0) is 16.8 Å². The molecule has 0 saturated heterocycles. The van der Waals surface area contributed by atoms with E-state index in [9.17, 15) is 13.2 Å². The summed E-state index contributed by atoms with van der Waals surface area (Å²) >= 11 is 5.60. The van der Waals surface area contributed by atoms with Crippen molar-refractivity contribution < 1.29 is 17.9 Å². The summed E-state index contributed by atoms with van der Waals surface area (Å²) in [5, 5.41) is 0. The van der Waals surface area contributed by atoms with E-state index in [4.69, 9.17) is 16.3 Å². The lowest BCUT2D eigenvalue weighted by molar-refractivity contribution is -0.138. The zero-order valence-electron chi connectivity index (χ0n) is 12.5. The Kier molecular flexibility index (Phi) is 6.81. The minimum Gasteiger partial charge on any atom is -0.383 e. The highest BCUT2D eigenvalue weighted by Gasteiger charge is 2.33. The van der Waals surface area contributed by atoms with Crippen LogP contribution in [0.5, 0.6) is 0 Å². The van der Waals surface area contributed by atoms with E-state index in [1.54, 1.807) is 13.2 Å². The first-order valence-corrected chi connectivity index (χ1v) is 7.33. The second kappa shape index (κ2) is 7.90. The molecule has 2 nitrogen and oxygen atoms in total. The zero-order valence-corrected chi connectivity index (χ0v) is 13.3. The van der Waals surface area contributed by atoms with E-state index in [0.717, 1.165) is 0 Å². The van der Waals surface area contributed by atoms with E-state index in [0.29, 0.717) is 31.3 Å². The summed E-state index contributed by atoms with van der Waals surface area (Å²) in [4.78, 5) is 1.90. The molecule has 6 heteroatoms. The first-order valence-electron chi connectivity index (χ1n) is 6.79. The van der Waals surface area contributed by atoms with Crippen LogP contribution in [0.15, 0.2) is 18.2 Å². The summed E-state index contributed by atoms with van der Waals surface area (Å²) in [6.45, 7) is 5.73. The van der Waals surface area contributed by atoms with Crippen LogP contribution in [0.2, 0.25) is 0 Å². The van der Waals surface area contributed by atoms with Crippen molar-refractivity contribution in [1.82, 2.24) is 0 Å². The molecule has 120 valence electrons. The smallest absolute Gasteiger partial charge is 0.383 e. The number of alkyl halides is 4. The van der Waals surface area contributed by atoms with Gasteiger partial charge in [-0.3, -0.25) is 0 Å². The van der Waals surface area contributed by atoms with Crippen LogP contribution in [0, 0.1) is 5.92 Å². The van der Waals surface area contributed by atoms with Gasteiger partial charge in [0.1, 0.15) is 0 Å². The second-order valence-electron chi connectivity index (χ2n) is 5.31. The molecule has 0 bridgehead atoms. The van der Waals surface area contributed by atoms with Gasteiger partial charge in [0, 0.05) is 31.8 Å². The molecule has 1 aromatic rings. The maximum Gasteiger partial charge on any atom is 0.416 e. The molecule has 0 unspecified atom stereocenters. The lowest BCUT2D eigenvalue weighted by atomic mass is 10.1. The Morgan fingerprint density at radius 1 is 1.29 bits per heavy atom. The quantitative estimate of drug-likeness (QED) is 0.682. The number of nitrogens with zero attached hydrogens (tertiary/aromatic N) is 1. The summed E-state index contributed by atoms with van der Waals surface area (Å²) in [5.41, 5.74) is -0.0210. The number of halogens is 4. The van der Waals surface area contributed by atoms with Gasteiger partial charge < -0.3 is 9.64 Å². The van der Waals surface area contributed by atoms with Gasteiger partial charge in [0.2, 0.25) is 0 Å². The van der Waals surface area contributed by atoms with Crippen LogP contribution in [0.3, 0.4) is 0 Å². The molecule has 1 aromatic carbocycles. The molecule has 21 heavy (non-hydrogen) atoms. The minimum absolute atomic E-state index is 0.101. The van der Waals surface area contributed by atoms with E-state index in [-0.39, 0.29) is 11.4 Å². The number of rotatable bonds is 7. The molecule has 0 aliphatic rings. The molecular weight excluding hydrogens is 303 g/mol. The van der Waals surface area contributed by atoms with Crippen molar-refractivity contribution in [1.29, 1.82) is 0 Å². The average molecular weight is 324 g/mol. The molecule has 0 N–H and O–H groups in total. The molecule has 0 aliphatic heterocycles. The van der Waals surface area contributed by atoms with Crippen LogP contribution in [-0.4, -0.2) is 26.8 Å². The van der Waals surface area contributed by atoms with Crippen molar-refractivity contribution in [3.05, 3.63) is 29.3 Å². The fraction of sp³-hybridized carbons (Fsp3) is 0.600. The second-order valence-corrected chi connectivity index (χ2v) is 5.57. The predicted molar refractivity (Wildman–Crippen MR) is 79.9 cm³/mol. The molecular formula is C15H21ClF3NO. The van der Waals surface area contributed by atoms with E-state index < -0.39 is 11.7 Å². The highest BCUT2D eigenvalue weighted by molar-refractivity contribution is 6.17. The Hall–Kier alpha value is -0.940. The highest BCUT2D eigenvalue weighted by Crippen LogP contribution is 2.35. The number of methoxy groups -OCH3 is 1. The van der Waals surface area contributed by atoms with E-state index in [1.165, 1.54) is 12.1 Å². The molecule has 0 atom stereocenters. The van der Waals surface area contributed by atoms with Gasteiger partial charge in [-0.05, 0) is 23.6 Å². The van der Waals surface area contributed by atoms with Gasteiger partial charge >= 0.3 is 6.18 Å². The van der Waals surface area contributed by atoms with Gasteiger partial charge in [-0.15, -0.1) is 11.6 Å². The Labute approximate surface area is 128 Å². The SMILES string of the molecule is COCCN(CC(C)C)c1ccc(CCl)c(C(F)(F)F)c1. The van der Waals surface area contributed by atoms with Crippen molar-refractivity contribution in [2.45, 2.75) is 25.9 Å². The van der Waals surface area contributed by atoms with Crippen molar-refractivity contribution in [2.24, 2.45) is 5.92 Å². The van der Waals surface area contributed by atoms with Crippen molar-refractivity contribution in [3.63, 3.8) is 0 Å². The third-order valence-electron chi connectivity index (χ3n) is 3.06. The first-order chi connectivity index (χ1) is 9.79. The summed E-state index contributed by atoms with van der Waals surface area (Å²) < 4.78 is 44.3. The molecule has 0 radical (unpaired) electrons. The van der Waals surface area contributed by atoms with Crippen molar-refractivity contribution in [3.8, 4) is 0 Å². The maximum atomic E-state index is 13.1. The van der Waals surface area contributed by atoms with Gasteiger partial charge in [0.15, 0.2) is 0 Å². The van der Waals surface area contributed by atoms with E-state index in [1.807, 2.05) is 18.7 Å². The van der Waals surface area contributed by atoms with E-state index >= 15 is 0 Å². The fourth-order valence-electron chi connectivity index (χ4n) is 2.11. The zero-order chi connectivity index (χ0) is 16.0. The standard InChI is InChI=1S/C15H21ClF3NO/c1-11(2)10-20(6-7-21-3)13-5-4-12(9-16)14(8-13)15(17,18)19/h4-5,8,11H,6-7,9-10H2,1-3H3. The lowest BCUT2D eigenvalue weighted by Gasteiger charge is -2.27.